The summed E-state index contributed by atoms with van der Waals surface area (Å²) in [4.78, 5) is 15.3. The summed E-state index contributed by atoms with van der Waals surface area (Å²) in [6.45, 7) is 3.58. The molecule has 0 atom stereocenters. The second-order valence-electron chi connectivity index (χ2n) is 4.37. The van der Waals surface area contributed by atoms with Gasteiger partial charge in [-0.1, -0.05) is 11.6 Å². The molecule has 90 valence electrons. The lowest BCUT2D eigenvalue weighted by Gasteiger charge is -2.21. The van der Waals surface area contributed by atoms with Gasteiger partial charge in [0.05, 0.1) is 17.8 Å². The molecule has 2 rings (SSSR count). The van der Waals surface area contributed by atoms with E-state index in [2.05, 4.69) is 4.99 Å². The molecule has 0 aromatic heterocycles. The average Bonchev–Trinajstić information content (AvgIpc) is 2.51. The van der Waals surface area contributed by atoms with Gasteiger partial charge in [-0.3, -0.25) is 0 Å². The molecule has 0 saturated carbocycles. The van der Waals surface area contributed by atoms with Crippen molar-refractivity contribution in [3.05, 3.63) is 22.7 Å². The second kappa shape index (κ2) is 3.74. The Morgan fingerprint density at radius 1 is 1.47 bits per heavy atom. The van der Waals surface area contributed by atoms with E-state index in [0.29, 0.717) is 22.0 Å². The predicted molar refractivity (Wildman–Crippen MR) is 65.8 cm³/mol. The van der Waals surface area contributed by atoms with E-state index >= 15 is 0 Å². The van der Waals surface area contributed by atoms with Crippen LogP contribution in [0.1, 0.15) is 19.4 Å². The van der Waals surface area contributed by atoms with E-state index in [1.165, 1.54) is 7.11 Å². The lowest BCUT2D eigenvalue weighted by molar-refractivity contribution is -0.129. The number of nitrogens with zero attached hydrogens (tertiary/aromatic N) is 1. The highest BCUT2D eigenvalue weighted by Gasteiger charge is 2.41. The van der Waals surface area contributed by atoms with Gasteiger partial charge in [0.15, 0.2) is 0 Å². The van der Waals surface area contributed by atoms with Crippen molar-refractivity contribution in [3.63, 3.8) is 0 Å². The molecule has 0 fully saturated rings. The number of halogens is 1. The fourth-order valence-corrected chi connectivity index (χ4v) is 2.56. The molecule has 0 amide bonds. The molecule has 4 nitrogen and oxygen atoms in total. The average molecular weight is 254 g/mol. The van der Waals surface area contributed by atoms with Crippen LogP contribution >= 0.6 is 11.6 Å². The summed E-state index contributed by atoms with van der Waals surface area (Å²) >= 11 is 6.22. The Hall–Kier alpha value is -1.55. The number of hydrogen-bond donors (Lipinski definition) is 1. The normalized spacial score (nSPS) is 16.4. The van der Waals surface area contributed by atoms with Crippen LogP contribution in [0.25, 0.3) is 0 Å². The zero-order valence-electron chi connectivity index (χ0n) is 9.74. The number of hydrogen-bond acceptors (Lipinski definition) is 3. The number of methoxy groups -OCH3 is 1. The Balaban J connectivity index is 2.67. The van der Waals surface area contributed by atoms with Crippen LogP contribution in [0.5, 0.6) is 5.75 Å². The van der Waals surface area contributed by atoms with E-state index in [4.69, 9.17) is 21.4 Å². The van der Waals surface area contributed by atoms with Gasteiger partial charge in [0.2, 0.25) is 0 Å². The van der Waals surface area contributed by atoms with E-state index < -0.39 is 11.4 Å². The molecule has 1 heterocycles. The Bertz CT molecular complexity index is 535. The smallest absolute Gasteiger partial charge is 0.351 e. The van der Waals surface area contributed by atoms with Crippen LogP contribution in [-0.4, -0.2) is 23.9 Å². The van der Waals surface area contributed by atoms with Crippen LogP contribution < -0.4 is 4.74 Å². The quantitative estimate of drug-likeness (QED) is 0.882. The van der Waals surface area contributed by atoms with Crippen LogP contribution in [0.3, 0.4) is 0 Å². The molecular formula is C12H12ClNO3. The molecule has 0 saturated heterocycles. The summed E-state index contributed by atoms with van der Waals surface area (Å²) in [7, 11) is 1.52. The molecule has 1 aliphatic heterocycles. The number of aliphatic carboxylic acids is 1. The first-order chi connectivity index (χ1) is 7.89. The number of ether oxygens (including phenoxy) is 1. The molecule has 0 bridgehead atoms. The third-order valence-electron chi connectivity index (χ3n) is 2.96. The minimum Gasteiger partial charge on any atom is -0.495 e. The van der Waals surface area contributed by atoms with E-state index in [1.807, 2.05) is 0 Å². The summed E-state index contributed by atoms with van der Waals surface area (Å²) in [5.41, 5.74) is 0.684. The van der Waals surface area contributed by atoms with Gasteiger partial charge >= 0.3 is 5.97 Å². The molecule has 1 aliphatic rings. The molecule has 0 spiro atoms. The second-order valence-corrected chi connectivity index (χ2v) is 4.74. The van der Waals surface area contributed by atoms with E-state index in [9.17, 15) is 4.79 Å². The van der Waals surface area contributed by atoms with Gasteiger partial charge in [-0.05, 0) is 26.0 Å². The predicted octanol–water partition coefficient (Wildman–Crippen LogP) is 2.80. The third-order valence-corrected chi connectivity index (χ3v) is 3.33. The molecule has 1 aromatic carbocycles. The van der Waals surface area contributed by atoms with Gasteiger partial charge < -0.3 is 9.84 Å². The van der Waals surface area contributed by atoms with Gasteiger partial charge in [-0.2, -0.15) is 0 Å². The Labute approximate surface area is 104 Å². The van der Waals surface area contributed by atoms with Crippen LogP contribution in [-0.2, 0) is 10.2 Å². The minimum atomic E-state index is -1.03. The van der Waals surface area contributed by atoms with Gasteiger partial charge in [0, 0.05) is 11.0 Å². The van der Waals surface area contributed by atoms with Crippen LogP contribution in [0.15, 0.2) is 17.1 Å². The van der Waals surface area contributed by atoms with Gasteiger partial charge in [0.1, 0.15) is 11.5 Å². The Morgan fingerprint density at radius 2 is 2.12 bits per heavy atom. The third kappa shape index (κ3) is 1.60. The molecule has 5 heteroatoms. The SMILES string of the molecule is COc1ccc2c(c1Cl)C(C)(C)C(C(=O)O)=N2. The van der Waals surface area contributed by atoms with Crippen molar-refractivity contribution >= 4 is 29.0 Å². The van der Waals surface area contributed by atoms with Crippen molar-refractivity contribution in [2.75, 3.05) is 7.11 Å². The van der Waals surface area contributed by atoms with E-state index in [1.54, 1.807) is 26.0 Å². The number of benzene rings is 1. The molecule has 0 radical (unpaired) electrons. The molecule has 0 aliphatic carbocycles. The van der Waals surface area contributed by atoms with Crippen molar-refractivity contribution in [2.24, 2.45) is 4.99 Å². The zero-order chi connectivity index (χ0) is 12.8. The summed E-state index contributed by atoms with van der Waals surface area (Å²) in [6.07, 6.45) is 0. The van der Waals surface area contributed by atoms with Crippen molar-refractivity contribution < 1.29 is 14.6 Å². The van der Waals surface area contributed by atoms with Crippen molar-refractivity contribution in [2.45, 2.75) is 19.3 Å². The number of carbonyl (C=O) groups is 1. The van der Waals surface area contributed by atoms with Crippen molar-refractivity contribution in [1.82, 2.24) is 0 Å². The van der Waals surface area contributed by atoms with E-state index in [0.717, 1.165) is 0 Å². The fourth-order valence-electron chi connectivity index (χ4n) is 2.09. The largest absolute Gasteiger partial charge is 0.495 e. The van der Waals surface area contributed by atoms with Gasteiger partial charge in [-0.25, -0.2) is 9.79 Å². The van der Waals surface area contributed by atoms with Crippen molar-refractivity contribution in [1.29, 1.82) is 0 Å². The number of rotatable bonds is 2. The molecule has 0 unspecified atom stereocenters. The number of carboxylic acids is 1. The maximum absolute atomic E-state index is 11.1. The summed E-state index contributed by atoms with van der Waals surface area (Å²) in [5.74, 6) is -0.499. The molecule has 17 heavy (non-hydrogen) atoms. The highest BCUT2D eigenvalue weighted by atomic mass is 35.5. The maximum Gasteiger partial charge on any atom is 0.351 e. The van der Waals surface area contributed by atoms with Gasteiger partial charge in [-0.15, -0.1) is 0 Å². The topological polar surface area (TPSA) is 58.9 Å². The first kappa shape index (κ1) is 11.9. The first-order valence-electron chi connectivity index (χ1n) is 5.09. The molecule has 1 N–H and O–H groups in total. The number of aliphatic imine (C=N–C) groups is 1. The molecular weight excluding hydrogens is 242 g/mol. The van der Waals surface area contributed by atoms with Crippen molar-refractivity contribution in [3.8, 4) is 5.75 Å². The standard InChI is InChI=1S/C12H12ClNO3/c1-12(2)8-6(14-10(12)11(15)16)4-5-7(17-3)9(8)13/h4-5H,1-3H3,(H,15,16). The summed E-state index contributed by atoms with van der Waals surface area (Å²) in [6, 6.07) is 3.41. The lowest BCUT2D eigenvalue weighted by Crippen LogP contribution is -2.32. The maximum atomic E-state index is 11.1. The highest BCUT2D eigenvalue weighted by molar-refractivity contribution is 6.42. The number of carboxylic acid groups (broad SMARTS) is 1. The molecule has 1 aromatic rings. The van der Waals surface area contributed by atoms with Crippen LogP contribution in [0.2, 0.25) is 5.02 Å². The Morgan fingerprint density at radius 3 is 2.65 bits per heavy atom. The highest BCUT2D eigenvalue weighted by Crippen LogP contribution is 2.47. The van der Waals surface area contributed by atoms with E-state index in [-0.39, 0.29) is 5.71 Å². The van der Waals surface area contributed by atoms with Crippen LogP contribution in [0, 0.1) is 0 Å². The first-order valence-corrected chi connectivity index (χ1v) is 5.46. The lowest BCUT2D eigenvalue weighted by atomic mass is 9.81. The minimum absolute atomic E-state index is 0.0997. The summed E-state index contributed by atoms with van der Waals surface area (Å²) < 4.78 is 5.13. The van der Waals surface area contributed by atoms with Gasteiger partial charge in [0.25, 0.3) is 0 Å². The van der Waals surface area contributed by atoms with Crippen LogP contribution in [0.4, 0.5) is 5.69 Å². The zero-order valence-corrected chi connectivity index (χ0v) is 10.5. The fraction of sp³-hybridized carbons (Fsp3) is 0.333. The number of fused-ring (bicyclic) bond motifs is 1. The monoisotopic (exact) mass is 253 g/mol. The summed E-state index contributed by atoms with van der Waals surface area (Å²) in [5, 5.41) is 9.56. The Kier molecular flexibility index (Phi) is 2.62.